The van der Waals surface area contributed by atoms with Gasteiger partial charge in [0.25, 0.3) is 0 Å². The van der Waals surface area contributed by atoms with Crippen molar-refractivity contribution in [3.8, 4) is 0 Å². The van der Waals surface area contributed by atoms with Gasteiger partial charge in [0.1, 0.15) is 18.3 Å². The van der Waals surface area contributed by atoms with Crippen molar-refractivity contribution in [1.82, 2.24) is 4.98 Å². The van der Waals surface area contributed by atoms with Crippen molar-refractivity contribution in [2.24, 2.45) is 7.05 Å². The van der Waals surface area contributed by atoms with Gasteiger partial charge in [-0.3, -0.25) is 0 Å². The number of hydrogen-bond donors (Lipinski definition) is 0. The average molecular weight is 326 g/mol. The van der Waals surface area contributed by atoms with Crippen LogP contribution in [0.3, 0.4) is 0 Å². The SMILES string of the molecule is CC1=C(C)C(C)(C)c2nc3ccccc3[n+](C)c21.F[B-](F)(F)F. The normalized spacial score (nSPS) is 16.2. The third-order valence-electron chi connectivity index (χ3n) is 4.48. The molecule has 1 aliphatic rings. The Hall–Kier alpha value is -1.92. The predicted molar refractivity (Wildman–Crippen MR) is 84.4 cm³/mol. The summed E-state index contributed by atoms with van der Waals surface area (Å²) in [6.45, 7) is 8.96. The van der Waals surface area contributed by atoms with E-state index in [0.29, 0.717) is 0 Å². The van der Waals surface area contributed by atoms with E-state index in [9.17, 15) is 17.3 Å². The first kappa shape index (κ1) is 17.4. The van der Waals surface area contributed by atoms with Gasteiger partial charge >= 0.3 is 7.25 Å². The van der Waals surface area contributed by atoms with E-state index in [-0.39, 0.29) is 5.41 Å². The van der Waals surface area contributed by atoms with Crippen molar-refractivity contribution < 1.29 is 21.8 Å². The van der Waals surface area contributed by atoms with Crippen molar-refractivity contribution in [2.75, 3.05) is 0 Å². The van der Waals surface area contributed by atoms with Gasteiger partial charge in [-0.15, -0.1) is 0 Å². The summed E-state index contributed by atoms with van der Waals surface area (Å²) in [6.07, 6.45) is 0. The minimum absolute atomic E-state index is 0.0429. The largest absolute Gasteiger partial charge is 0.673 e. The van der Waals surface area contributed by atoms with Crippen molar-refractivity contribution in [1.29, 1.82) is 0 Å². The topological polar surface area (TPSA) is 16.8 Å². The fourth-order valence-corrected chi connectivity index (χ4v) is 2.98. The highest BCUT2D eigenvalue weighted by molar-refractivity contribution is 6.50. The first-order valence-electron chi connectivity index (χ1n) is 7.29. The van der Waals surface area contributed by atoms with Crippen LogP contribution in [-0.2, 0) is 12.5 Å². The molecule has 0 bridgehead atoms. The number of halogens is 4. The predicted octanol–water partition coefficient (Wildman–Crippen LogP) is 4.44. The Morgan fingerprint density at radius 1 is 1.04 bits per heavy atom. The molecule has 0 aliphatic heterocycles. The van der Waals surface area contributed by atoms with E-state index in [1.807, 2.05) is 0 Å². The summed E-state index contributed by atoms with van der Waals surface area (Å²) in [6, 6.07) is 8.35. The Labute approximate surface area is 133 Å². The maximum Gasteiger partial charge on any atom is 0.673 e. The van der Waals surface area contributed by atoms with Gasteiger partial charge in [0, 0.05) is 17.1 Å². The van der Waals surface area contributed by atoms with E-state index < -0.39 is 7.25 Å². The second kappa shape index (κ2) is 5.62. The zero-order valence-electron chi connectivity index (χ0n) is 13.8. The van der Waals surface area contributed by atoms with Crippen LogP contribution < -0.4 is 4.57 Å². The maximum absolute atomic E-state index is 9.75. The molecule has 0 N–H and O–H groups in total. The smallest absolute Gasteiger partial charge is 0.418 e. The first-order valence-corrected chi connectivity index (χ1v) is 7.29. The van der Waals surface area contributed by atoms with Crippen molar-refractivity contribution in [2.45, 2.75) is 33.1 Å². The van der Waals surface area contributed by atoms with E-state index >= 15 is 0 Å². The molecule has 0 spiro atoms. The van der Waals surface area contributed by atoms with Gasteiger partial charge in [-0.2, -0.15) is 4.57 Å². The lowest BCUT2D eigenvalue weighted by atomic mass is 9.85. The van der Waals surface area contributed by atoms with Crippen LogP contribution in [-0.4, -0.2) is 12.2 Å². The Bertz CT molecular complexity index is 789. The number of nitrogens with zero attached hydrogens (tertiary/aromatic N) is 2. The van der Waals surface area contributed by atoms with Crippen LogP contribution in [0.2, 0.25) is 0 Å². The Morgan fingerprint density at radius 2 is 1.57 bits per heavy atom. The molecule has 0 unspecified atom stereocenters. The van der Waals surface area contributed by atoms with E-state index in [4.69, 9.17) is 4.98 Å². The summed E-state index contributed by atoms with van der Waals surface area (Å²) in [5.41, 5.74) is 7.61. The molecule has 23 heavy (non-hydrogen) atoms. The van der Waals surface area contributed by atoms with Gasteiger partial charge in [0.15, 0.2) is 0 Å². The molecule has 2 nitrogen and oxygen atoms in total. The molecule has 0 saturated heterocycles. The number of rotatable bonds is 0. The van der Waals surface area contributed by atoms with Crippen LogP contribution in [0.25, 0.3) is 16.6 Å². The molecule has 7 heteroatoms. The highest BCUT2D eigenvalue weighted by Gasteiger charge is 2.41. The molecule has 1 aliphatic carbocycles. The van der Waals surface area contributed by atoms with E-state index in [1.54, 1.807) is 0 Å². The first-order chi connectivity index (χ1) is 10.4. The van der Waals surface area contributed by atoms with Crippen LogP contribution >= 0.6 is 0 Å². The fraction of sp³-hybridized carbons (Fsp3) is 0.375. The second-order valence-electron chi connectivity index (χ2n) is 6.23. The van der Waals surface area contributed by atoms with Crippen LogP contribution in [0.1, 0.15) is 39.1 Å². The summed E-state index contributed by atoms with van der Waals surface area (Å²) in [7, 11) is -3.86. The molecule has 0 saturated carbocycles. The van der Waals surface area contributed by atoms with Crippen molar-refractivity contribution in [3.63, 3.8) is 0 Å². The van der Waals surface area contributed by atoms with Crippen molar-refractivity contribution >= 4 is 23.9 Å². The van der Waals surface area contributed by atoms with Gasteiger partial charge in [-0.1, -0.05) is 31.6 Å². The molecule has 0 atom stereocenters. The zero-order valence-corrected chi connectivity index (χ0v) is 13.8. The summed E-state index contributed by atoms with van der Waals surface area (Å²) in [4.78, 5) is 4.91. The van der Waals surface area contributed by atoms with Gasteiger partial charge in [-0.25, -0.2) is 4.98 Å². The summed E-state index contributed by atoms with van der Waals surface area (Å²) in [5, 5.41) is 0. The maximum atomic E-state index is 9.75. The van der Waals surface area contributed by atoms with Gasteiger partial charge < -0.3 is 17.3 Å². The molecule has 0 fully saturated rings. The number of hydrogen-bond acceptors (Lipinski definition) is 1. The standard InChI is InChI=1S/C16H19N2.BF4/c1-10-11(2)16(3,4)15-14(10)18(5)13-9-7-6-8-12(13)17-15;2-1(3,4)5/h6-9H,1-5H3;/q+1;-1. The summed E-state index contributed by atoms with van der Waals surface area (Å²) < 4.78 is 41.3. The van der Waals surface area contributed by atoms with Gasteiger partial charge in [-0.05, 0) is 19.9 Å². The molecule has 124 valence electrons. The molecule has 0 radical (unpaired) electrons. The van der Waals surface area contributed by atoms with E-state index in [2.05, 4.69) is 63.6 Å². The quantitative estimate of drug-likeness (QED) is 0.397. The number of allylic oxidation sites excluding steroid dienone is 2. The molecule has 1 aromatic carbocycles. The van der Waals surface area contributed by atoms with E-state index in [1.165, 1.54) is 28.1 Å². The number of aromatic nitrogens is 2. The average Bonchev–Trinajstić information content (AvgIpc) is 2.59. The third kappa shape index (κ3) is 3.23. The summed E-state index contributed by atoms with van der Waals surface area (Å²) >= 11 is 0. The zero-order chi connectivity index (χ0) is 17.6. The van der Waals surface area contributed by atoms with Crippen LogP contribution in [0.5, 0.6) is 0 Å². The second-order valence-corrected chi connectivity index (χ2v) is 6.23. The van der Waals surface area contributed by atoms with Crippen LogP contribution in [0, 0.1) is 0 Å². The number of para-hydroxylation sites is 2. The minimum Gasteiger partial charge on any atom is -0.418 e. The fourth-order valence-electron chi connectivity index (χ4n) is 2.98. The third-order valence-corrected chi connectivity index (χ3v) is 4.48. The monoisotopic (exact) mass is 326 g/mol. The molecular formula is C16H19BF4N2. The summed E-state index contributed by atoms with van der Waals surface area (Å²) in [5.74, 6) is 0. The van der Waals surface area contributed by atoms with E-state index in [0.717, 1.165) is 5.52 Å². The molecule has 0 amide bonds. The lowest BCUT2D eigenvalue weighted by molar-refractivity contribution is -0.648. The Balaban J connectivity index is 0.000000338. The molecule has 3 rings (SSSR count). The number of aryl methyl sites for hydroxylation is 1. The highest BCUT2D eigenvalue weighted by atomic mass is 19.5. The molecular weight excluding hydrogens is 307 g/mol. The highest BCUT2D eigenvalue weighted by Crippen LogP contribution is 2.43. The Morgan fingerprint density at radius 3 is 2.13 bits per heavy atom. The molecule has 2 aromatic rings. The van der Waals surface area contributed by atoms with Crippen molar-refractivity contribution in [3.05, 3.63) is 41.2 Å². The minimum atomic E-state index is -6.00. The lowest BCUT2D eigenvalue weighted by Crippen LogP contribution is -2.36. The molecule has 1 aromatic heterocycles. The number of benzene rings is 1. The van der Waals surface area contributed by atoms with Crippen LogP contribution in [0.15, 0.2) is 29.8 Å². The van der Waals surface area contributed by atoms with Crippen LogP contribution in [0.4, 0.5) is 17.3 Å². The number of fused-ring (bicyclic) bond motifs is 2. The molecule has 1 heterocycles. The van der Waals surface area contributed by atoms with Gasteiger partial charge in [0.05, 0.1) is 0 Å². The lowest BCUT2D eigenvalue weighted by Gasteiger charge is -2.19. The Kier molecular flexibility index (Phi) is 4.26. The van der Waals surface area contributed by atoms with Gasteiger partial charge in [0.2, 0.25) is 11.2 Å².